The predicted molar refractivity (Wildman–Crippen MR) is 70.1 cm³/mol. The Balaban J connectivity index is 2.19. The third kappa shape index (κ3) is 5.13. The normalized spacial score (nSPS) is 11.7. The summed E-state index contributed by atoms with van der Waals surface area (Å²) in [6, 6.07) is 2.29. The van der Waals surface area contributed by atoms with Gasteiger partial charge in [-0.3, -0.25) is 9.59 Å². The van der Waals surface area contributed by atoms with Crippen molar-refractivity contribution in [3.63, 3.8) is 0 Å². The highest BCUT2D eigenvalue weighted by Crippen LogP contribution is 1.99. The van der Waals surface area contributed by atoms with E-state index in [4.69, 9.17) is 9.52 Å². The van der Waals surface area contributed by atoms with Gasteiger partial charge in [-0.05, 0) is 25.0 Å². The maximum absolute atomic E-state index is 11.5. The van der Waals surface area contributed by atoms with E-state index in [-0.39, 0.29) is 24.0 Å². The molecule has 110 valence electrons. The van der Waals surface area contributed by atoms with E-state index >= 15 is 0 Å². The average Bonchev–Trinajstić information content (AvgIpc) is 2.94. The van der Waals surface area contributed by atoms with Gasteiger partial charge in [-0.2, -0.15) is 0 Å². The van der Waals surface area contributed by atoms with Crippen molar-refractivity contribution in [2.24, 2.45) is 0 Å². The van der Waals surface area contributed by atoms with Crippen molar-refractivity contribution in [2.45, 2.75) is 32.2 Å². The van der Waals surface area contributed by atoms with Crippen LogP contribution in [0.15, 0.2) is 22.8 Å². The zero-order valence-corrected chi connectivity index (χ0v) is 11.2. The summed E-state index contributed by atoms with van der Waals surface area (Å²) in [7, 11) is 0. The highest BCUT2D eigenvalue weighted by atomic mass is 16.4. The molecule has 0 aromatic carbocycles. The molecule has 0 spiro atoms. The van der Waals surface area contributed by atoms with Gasteiger partial charge >= 0.3 is 5.97 Å². The van der Waals surface area contributed by atoms with Crippen LogP contribution in [-0.4, -0.2) is 35.5 Å². The second-order valence-electron chi connectivity index (χ2n) is 4.20. The van der Waals surface area contributed by atoms with Crippen LogP contribution in [0.4, 0.5) is 0 Å². The Hall–Kier alpha value is -2.31. The summed E-state index contributed by atoms with van der Waals surface area (Å²) in [6.07, 6.45) is 2.31. The zero-order chi connectivity index (χ0) is 15.0. The van der Waals surface area contributed by atoms with Crippen LogP contribution in [0.3, 0.4) is 0 Å². The highest BCUT2D eigenvalue weighted by molar-refractivity contribution is 5.91. The summed E-state index contributed by atoms with van der Waals surface area (Å²) in [6.45, 7) is 2.00. The van der Waals surface area contributed by atoms with Gasteiger partial charge < -0.3 is 20.2 Å². The first-order valence-corrected chi connectivity index (χ1v) is 6.38. The lowest BCUT2D eigenvalue weighted by Gasteiger charge is -2.12. The Kier molecular flexibility index (Phi) is 6.28. The van der Waals surface area contributed by atoms with Crippen molar-refractivity contribution in [1.29, 1.82) is 0 Å². The molecule has 0 aliphatic heterocycles. The number of hydrogen-bond acceptors (Lipinski definition) is 4. The quantitative estimate of drug-likeness (QED) is 0.610. The lowest BCUT2D eigenvalue weighted by atomic mass is 10.2. The lowest BCUT2D eigenvalue weighted by Crippen LogP contribution is -2.40. The highest BCUT2D eigenvalue weighted by Gasteiger charge is 2.17. The van der Waals surface area contributed by atoms with E-state index in [1.807, 2.05) is 0 Å². The van der Waals surface area contributed by atoms with Gasteiger partial charge in [-0.1, -0.05) is 6.92 Å². The van der Waals surface area contributed by atoms with Crippen molar-refractivity contribution < 1.29 is 23.9 Å². The molecule has 1 aromatic heterocycles. The minimum absolute atomic E-state index is 0.155. The number of carboxylic acid groups (broad SMARTS) is 1. The topological polar surface area (TPSA) is 109 Å². The van der Waals surface area contributed by atoms with Crippen molar-refractivity contribution in [3.8, 4) is 0 Å². The van der Waals surface area contributed by atoms with E-state index in [0.717, 1.165) is 0 Å². The molecule has 1 heterocycles. The van der Waals surface area contributed by atoms with Crippen LogP contribution in [0.2, 0.25) is 0 Å². The van der Waals surface area contributed by atoms with E-state index in [9.17, 15) is 14.4 Å². The van der Waals surface area contributed by atoms with Crippen LogP contribution >= 0.6 is 0 Å². The molecule has 1 rings (SSSR count). The summed E-state index contributed by atoms with van der Waals surface area (Å²) in [5.74, 6) is -1.52. The first-order valence-electron chi connectivity index (χ1n) is 6.38. The molecule has 0 saturated heterocycles. The molecule has 7 nitrogen and oxygen atoms in total. The molecule has 2 amide bonds. The number of hydrogen-bond donors (Lipinski definition) is 3. The van der Waals surface area contributed by atoms with Gasteiger partial charge in [0.05, 0.1) is 6.26 Å². The van der Waals surface area contributed by atoms with Crippen LogP contribution in [0.1, 0.15) is 36.7 Å². The smallest absolute Gasteiger partial charge is 0.326 e. The summed E-state index contributed by atoms with van der Waals surface area (Å²) >= 11 is 0. The maximum Gasteiger partial charge on any atom is 0.326 e. The molecule has 0 bridgehead atoms. The van der Waals surface area contributed by atoms with Crippen molar-refractivity contribution in [3.05, 3.63) is 24.2 Å². The van der Waals surface area contributed by atoms with Crippen LogP contribution in [0, 0.1) is 0 Å². The lowest BCUT2D eigenvalue weighted by molar-refractivity contribution is -0.141. The number of carboxylic acids is 1. The molecule has 0 aliphatic carbocycles. The van der Waals surface area contributed by atoms with E-state index in [0.29, 0.717) is 19.4 Å². The summed E-state index contributed by atoms with van der Waals surface area (Å²) < 4.78 is 4.91. The Bertz CT molecular complexity index is 455. The van der Waals surface area contributed by atoms with Gasteiger partial charge in [0.25, 0.3) is 5.91 Å². The minimum atomic E-state index is -1.05. The number of rotatable bonds is 8. The van der Waals surface area contributed by atoms with Crippen molar-refractivity contribution >= 4 is 17.8 Å². The first-order chi connectivity index (χ1) is 9.54. The van der Waals surface area contributed by atoms with Crippen molar-refractivity contribution in [1.82, 2.24) is 10.6 Å². The molecule has 0 fully saturated rings. The third-order valence-electron chi connectivity index (χ3n) is 2.65. The SMILES string of the molecule is CC[C@@H](NC(=O)CCCNC(=O)c1ccco1)C(=O)O. The van der Waals surface area contributed by atoms with Gasteiger partial charge in [-0.15, -0.1) is 0 Å². The largest absolute Gasteiger partial charge is 0.480 e. The molecule has 0 unspecified atom stereocenters. The predicted octanol–water partition coefficient (Wildman–Crippen LogP) is 0.769. The molecule has 20 heavy (non-hydrogen) atoms. The molecule has 1 aromatic rings. The molecule has 1 atom stereocenters. The fraction of sp³-hybridized carbons (Fsp3) is 0.462. The van der Waals surface area contributed by atoms with Gasteiger partial charge in [-0.25, -0.2) is 4.79 Å². The van der Waals surface area contributed by atoms with Crippen LogP contribution < -0.4 is 10.6 Å². The average molecular weight is 282 g/mol. The van der Waals surface area contributed by atoms with Gasteiger partial charge in [0.2, 0.25) is 5.91 Å². The van der Waals surface area contributed by atoms with E-state index in [1.165, 1.54) is 6.26 Å². The second-order valence-corrected chi connectivity index (χ2v) is 4.20. The van der Waals surface area contributed by atoms with Crippen molar-refractivity contribution in [2.75, 3.05) is 6.54 Å². The Labute approximate surface area is 116 Å². The van der Waals surface area contributed by atoms with E-state index in [2.05, 4.69) is 10.6 Å². The summed E-state index contributed by atoms with van der Waals surface area (Å²) in [4.78, 5) is 33.7. The Morgan fingerprint density at radius 2 is 2.15 bits per heavy atom. The number of furan rings is 1. The Morgan fingerprint density at radius 3 is 2.70 bits per heavy atom. The van der Waals surface area contributed by atoms with Gasteiger partial charge in [0, 0.05) is 13.0 Å². The van der Waals surface area contributed by atoms with Crippen LogP contribution in [-0.2, 0) is 9.59 Å². The zero-order valence-electron chi connectivity index (χ0n) is 11.2. The number of aliphatic carboxylic acids is 1. The van der Waals surface area contributed by atoms with E-state index < -0.39 is 12.0 Å². The number of carbonyl (C=O) groups is 3. The molecule has 3 N–H and O–H groups in total. The third-order valence-corrected chi connectivity index (χ3v) is 2.65. The molecule has 7 heteroatoms. The molecular weight excluding hydrogens is 264 g/mol. The fourth-order valence-electron chi connectivity index (χ4n) is 1.55. The summed E-state index contributed by atoms with van der Waals surface area (Å²) in [5.41, 5.74) is 0. The standard InChI is InChI=1S/C13H18N2O5/c1-2-9(13(18)19)15-11(16)6-3-7-14-12(17)10-5-4-8-20-10/h4-5,8-9H,2-3,6-7H2,1H3,(H,14,17)(H,15,16)(H,18,19)/t9-/m1/s1. The van der Waals surface area contributed by atoms with Crippen LogP contribution in [0.5, 0.6) is 0 Å². The molecule has 0 radical (unpaired) electrons. The maximum atomic E-state index is 11.5. The molecule has 0 aliphatic rings. The number of nitrogens with one attached hydrogen (secondary N) is 2. The first kappa shape index (κ1) is 15.7. The minimum Gasteiger partial charge on any atom is -0.480 e. The number of amides is 2. The monoisotopic (exact) mass is 282 g/mol. The van der Waals surface area contributed by atoms with Gasteiger partial charge in [0.15, 0.2) is 5.76 Å². The Morgan fingerprint density at radius 1 is 1.40 bits per heavy atom. The van der Waals surface area contributed by atoms with Crippen LogP contribution in [0.25, 0.3) is 0 Å². The number of carbonyl (C=O) groups excluding carboxylic acids is 2. The van der Waals surface area contributed by atoms with Gasteiger partial charge in [0.1, 0.15) is 6.04 Å². The molecular formula is C13H18N2O5. The molecule has 0 saturated carbocycles. The second kappa shape index (κ2) is 7.98. The van der Waals surface area contributed by atoms with E-state index in [1.54, 1.807) is 19.1 Å². The summed E-state index contributed by atoms with van der Waals surface area (Å²) in [5, 5.41) is 13.8. The fourth-order valence-corrected chi connectivity index (χ4v) is 1.55.